The molecule has 1 aromatic carbocycles. The van der Waals surface area contributed by atoms with Crippen molar-refractivity contribution >= 4 is 23.6 Å². The Morgan fingerprint density at radius 1 is 1.12 bits per heavy atom. The molecular formula is C20H25N5O. The van der Waals surface area contributed by atoms with Gasteiger partial charge >= 0.3 is 0 Å². The van der Waals surface area contributed by atoms with Crippen molar-refractivity contribution in [3.63, 3.8) is 0 Å². The molecule has 136 valence electrons. The average molecular weight is 351 g/mol. The monoisotopic (exact) mass is 351 g/mol. The molecule has 1 saturated heterocycles. The summed E-state index contributed by atoms with van der Waals surface area (Å²) in [6, 6.07) is 6.39. The van der Waals surface area contributed by atoms with Crippen LogP contribution in [0, 0.1) is 0 Å². The molecule has 0 saturated carbocycles. The van der Waals surface area contributed by atoms with E-state index in [0.717, 1.165) is 50.4 Å². The summed E-state index contributed by atoms with van der Waals surface area (Å²) in [6.45, 7) is 4.06. The van der Waals surface area contributed by atoms with Crippen LogP contribution in [0.5, 0.6) is 0 Å². The van der Waals surface area contributed by atoms with E-state index >= 15 is 0 Å². The number of anilines is 3. The van der Waals surface area contributed by atoms with Crippen molar-refractivity contribution < 1.29 is 4.79 Å². The summed E-state index contributed by atoms with van der Waals surface area (Å²) in [7, 11) is 2.15. The number of rotatable bonds is 4. The molecule has 4 rings (SSSR count). The van der Waals surface area contributed by atoms with Crippen molar-refractivity contribution in [1.29, 1.82) is 0 Å². The smallest absolute Gasteiger partial charge is 0.172 e. The van der Waals surface area contributed by atoms with Gasteiger partial charge in [-0.15, -0.1) is 0 Å². The van der Waals surface area contributed by atoms with Gasteiger partial charge in [-0.1, -0.05) is 6.07 Å². The Hall–Kier alpha value is -2.47. The quantitative estimate of drug-likeness (QED) is 0.855. The molecule has 0 amide bonds. The van der Waals surface area contributed by atoms with E-state index in [-0.39, 0.29) is 0 Å². The number of carbonyl (C=O) groups is 1. The van der Waals surface area contributed by atoms with Crippen LogP contribution in [0.15, 0.2) is 24.4 Å². The highest BCUT2D eigenvalue weighted by Crippen LogP contribution is 2.26. The standard InChI is InChI=1S/C20H25N5O/c1-24-10-7-15-11-17(6-5-16(15)13-24)22-20-18(14-26)21-12-19(23-20)25-8-3-2-4-9-25/h5-6,11-12,14H,2-4,7-10,13H2,1H3,(H,22,23). The largest absolute Gasteiger partial charge is 0.355 e. The fraction of sp³-hybridized carbons (Fsp3) is 0.450. The highest BCUT2D eigenvalue weighted by molar-refractivity contribution is 5.82. The number of benzene rings is 1. The second kappa shape index (κ2) is 7.41. The zero-order chi connectivity index (χ0) is 17.9. The van der Waals surface area contributed by atoms with E-state index in [0.29, 0.717) is 11.5 Å². The Morgan fingerprint density at radius 2 is 1.96 bits per heavy atom. The zero-order valence-electron chi connectivity index (χ0n) is 15.2. The normalized spacial score (nSPS) is 17.7. The molecule has 0 spiro atoms. The Morgan fingerprint density at radius 3 is 2.77 bits per heavy atom. The van der Waals surface area contributed by atoms with Crippen molar-refractivity contribution in [2.24, 2.45) is 0 Å². The Balaban J connectivity index is 1.59. The van der Waals surface area contributed by atoms with E-state index in [9.17, 15) is 4.79 Å². The Kier molecular flexibility index (Phi) is 4.84. The Labute approximate surface area is 154 Å². The third-order valence-electron chi connectivity index (χ3n) is 5.25. The molecule has 1 aromatic heterocycles. The number of aldehydes is 1. The molecule has 26 heavy (non-hydrogen) atoms. The molecule has 6 heteroatoms. The lowest BCUT2D eigenvalue weighted by atomic mass is 9.99. The first kappa shape index (κ1) is 17.0. The average Bonchev–Trinajstić information content (AvgIpc) is 2.69. The maximum Gasteiger partial charge on any atom is 0.172 e. The van der Waals surface area contributed by atoms with Gasteiger partial charge in [-0.25, -0.2) is 9.97 Å². The Bertz CT molecular complexity index is 801. The van der Waals surface area contributed by atoms with Crippen molar-refractivity contribution in [3.8, 4) is 0 Å². The van der Waals surface area contributed by atoms with Crippen LogP contribution in [-0.2, 0) is 13.0 Å². The van der Waals surface area contributed by atoms with E-state index in [4.69, 9.17) is 4.98 Å². The lowest BCUT2D eigenvalue weighted by molar-refractivity contribution is 0.111. The molecular weight excluding hydrogens is 326 g/mol. The fourth-order valence-corrected chi connectivity index (χ4v) is 3.75. The summed E-state index contributed by atoms with van der Waals surface area (Å²) >= 11 is 0. The highest BCUT2D eigenvalue weighted by atomic mass is 16.1. The van der Waals surface area contributed by atoms with Gasteiger partial charge in [0.2, 0.25) is 0 Å². The summed E-state index contributed by atoms with van der Waals surface area (Å²) in [5.41, 5.74) is 4.04. The summed E-state index contributed by atoms with van der Waals surface area (Å²) in [4.78, 5) is 25.0. The number of likely N-dealkylation sites (N-methyl/N-ethyl adjacent to an activating group) is 1. The van der Waals surface area contributed by atoms with Crippen LogP contribution in [0.3, 0.4) is 0 Å². The van der Waals surface area contributed by atoms with Crippen LogP contribution in [-0.4, -0.2) is 47.8 Å². The molecule has 0 aliphatic carbocycles. The number of carbonyl (C=O) groups excluding carboxylic acids is 1. The van der Waals surface area contributed by atoms with Gasteiger partial charge in [0.1, 0.15) is 11.5 Å². The van der Waals surface area contributed by atoms with Gasteiger partial charge in [-0.05, 0) is 56.0 Å². The topological polar surface area (TPSA) is 61.4 Å². The van der Waals surface area contributed by atoms with Gasteiger partial charge in [0.05, 0.1) is 6.20 Å². The van der Waals surface area contributed by atoms with Crippen LogP contribution in [0.25, 0.3) is 0 Å². The molecule has 6 nitrogen and oxygen atoms in total. The molecule has 2 aromatic rings. The van der Waals surface area contributed by atoms with Crippen molar-refractivity contribution in [1.82, 2.24) is 14.9 Å². The SMILES string of the molecule is CN1CCc2cc(Nc3nc(N4CCCCC4)cnc3C=O)ccc2C1. The van der Waals surface area contributed by atoms with E-state index in [1.165, 1.54) is 30.4 Å². The third kappa shape index (κ3) is 3.55. The number of nitrogens with zero attached hydrogens (tertiary/aromatic N) is 4. The molecule has 0 atom stereocenters. The number of fused-ring (bicyclic) bond motifs is 1. The first-order valence-electron chi connectivity index (χ1n) is 9.37. The van der Waals surface area contributed by atoms with Crippen LogP contribution >= 0.6 is 0 Å². The number of aromatic nitrogens is 2. The number of hydrogen-bond donors (Lipinski definition) is 1. The van der Waals surface area contributed by atoms with Crippen LogP contribution < -0.4 is 10.2 Å². The minimum atomic E-state index is 0.350. The highest BCUT2D eigenvalue weighted by Gasteiger charge is 2.17. The van der Waals surface area contributed by atoms with Crippen LogP contribution in [0.1, 0.15) is 40.9 Å². The molecule has 1 N–H and O–H groups in total. The maximum atomic E-state index is 11.4. The first-order chi connectivity index (χ1) is 12.7. The minimum Gasteiger partial charge on any atom is -0.355 e. The molecule has 0 bridgehead atoms. The summed E-state index contributed by atoms with van der Waals surface area (Å²) in [6.07, 6.45) is 7.15. The summed E-state index contributed by atoms with van der Waals surface area (Å²) in [5, 5.41) is 3.32. The van der Waals surface area contributed by atoms with Crippen LogP contribution in [0.2, 0.25) is 0 Å². The number of nitrogens with one attached hydrogen (secondary N) is 1. The summed E-state index contributed by atoms with van der Waals surface area (Å²) in [5.74, 6) is 1.38. The predicted octanol–water partition coefficient (Wildman–Crippen LogP) is 3.01. The van der Waals surface area contributed by atoms with E-state index < -0.39 is 0 Å². The van der Waals surface area contributed by atoms with Crippen molar-refractivity contribution in [2.75, 3.05) is 36.9 Å². The molecule has 0 unspecified atom stereocenters. The summed E-state index contributed by atoms with van der Waals surface area (Å²) < 4.78 is 0. The van der Waals surface area contributed by atoms with Gasteiger partial charge in [-0.3, -0.25) is 4.79 Å². The van der Waals surface area contributed by atoms with Gasteiger partial charge in [0, 0.05) is 31.9 Å². The fourth-order valence-electron chi connectivity index (χ4n) is 3.75. The molecule has 3 heterocycles. The third-order valence-corrected chi connectivity index (χ3v) is 5.25. The van der Waals surface area contributed by atoms with Crippen LogP contribution in [0.4, 0.5) is 17.3 Å². The lowest BCUT2D eigenvalue weighted by Crippen LogP contribution is -2.30. The molecule has 2 aliphatic rings. The molecule has 1 fully saturated rings. The van der Waals surface area contributed by atoms with Gasteiger partial charge in [0.15, 0.2) is 12.1 Å². The second-order valence-corrected chi connectivity index (χ2v) is 7.22. The number of hydrogen-bond acceptors (Lipinski definition) is 6. The minimum absolute atomic E-state index is 0.350. The number of piperidine rings is 1. The maximum absolute atomic E-state index is 11.4. The second-order valence-electron chi connectivity index (χ2n) is 7.22. The predicted molar refractivity (Wildman–Crippen MR) is 103 cm³/mol. The van der Waals surface area contributed by atoms with E-state index in [1.54, 1.807) is 6.20 Å². The molecule has 2 aliphatic heterocycles. The van der Waals surface area contributed by atoms with Crippen molar-refractivity contribution in [2.45, 2.75) is 32.2 Å². The van der Waals surface area contributed by atoms with Gasteiger partial charge in [-0.2, -0.15) is 0 Å². The van der Waals surface area contributed by atoms with E-state index in [2.05, 4.69) is 45.3 Å². The zero-order valence-corrected chi connectivity index (χ0v) is 15.2. The van der Waals surface area contributed by atoms with E-state index in [1.807, 2.05) is 0 Å². The first-order valence-corrected chi connectivity index (χ1v) is 9.37. The van der Waals surface area contributed by atoms with Crippen molar-refractivity contribution in [3.05, 3.63) is 41.2 Å². The lowest BCUT2D eigenvalue weighted by Gasteiger charge is -2.28. The van der Waals surface area contributed by atoms with Gasteiger partial charge < -0.3 is 15.1 Å². The molecule has 0 radical (unpaired) electrons. The van der Waals surface area contributed by atoms with Gasteiger partial charge in [0.25, 0.3) is 0 Å².